The second-order valence-electron chi connectivity index (χ2n) is 10.00. The van der Waals surface area contributed by atoms with Crippen LogP contribution in [0.5, 0.6) is 0 Å². The number of rotatable bonds is 2. The van der Waals surface area contributed by atoms with Gasteiger partial charge in [0.2, 0.25) is 0 Å². The van der Waals surface area contributed by atoms with E-state index in [0.29, 0.717) is 0 Å². The molecule has 0 aliphatic rings. The Bertz CT molecular complexity index is 1490. The van der Waals surface area contributed by atoms with Gasteiger partial charge in [-0.05, 0) is 25.0 Å². The Kier molecular flexibility index (Phi) is 13.1. The van der Waals surface area contributed by atoms with Crippen molar-refractivity contribution < 1.29 is 20.8 Å². The molecule has 0 aromatic heterocycles. The van der Waals surface area contributed by atoms with E-state index in [-0.39, 0.29) is 0 Å². The van der Waals surface area contributed by atoms with Crippen LogP contribution in [0.4, 0.5) is 0 Å². The van der Waals surface area contributed by atoms with Crippen molar-refractivity contribution in [2.45, 2.75) is 40.8 Å². The zero-order valence-corrected chi connectivity index (χ0v) is 29.1. The summed E-state index contributed by atoms with van der Waals surface area (Å²) in [4.78, 5) is 0. The molecule has 4 heteroatoms. The molecule has 0 fully saturated rings. The van der Waals surface area contributed by atoms with Gasteiger partial charge >= 0.3 is 37.9 Å². The van der Waals surface area contributed by atoms with E-state index in [9.17, 15) is 0 Å². The van der Waals surface area contributed by atoms with E-state index in [0.717, 1.165) is 9.52 Å². The molecule has 0 amide bonds. The second kappa shape index (κ2) is 16.3. The second-order valence-corrected chi connectivity index (χ2v) is 14.7. The van der Waals surface area contributed by atoms with Crippen molar-refractivity contribution in [3.63, 3.8) is 0 Å². The third-order valence-electron chi connectivity index (χ3n) is 6.39. The number of halogens is 2. The summed E-state index contributed by atoms with van der Waals surface area (Å²) in [5.74, 6) is 0. The molecule has 202 valence electrons. The first-order valence-electron chi connectivity index (χ1n) is 13.3. The topological polar surface area (TPSA) is 0 Å². The van der Waals surface area contributed by atoms with Gasteiger partial charge in [0.1, 0.15) is 0 Å². The van der Waals surface area contributed by atoms with Crippen LogP contribution in [-0.4, -0.2) is 9.52 Å². The van der Waals surface area contributed by atoms with Crippen molar-refractivity contribution in [1.82, 2.24) is 0 Å². The molecule has 0 saturated carbocycles. The minimum absolute atomic E-state index is 0.826. The molecule has 0 spiro atoms. The van der Waals surface area contributed by atoms with Crippen LogP contribution in [0.25, 0.3) is 43.8 Å². The Labute approximate surface area is 261 Å². The molecule has 6 aromatic carbocycles. The SMILES string of the molecule is C[Si]C.Cc1cc(-c2ccccc2)c2cc(C)[cH-]c2c1.Cc1cc(-c2ccccc2)c2cc(C)[cH-]c2c1.[Cl][Zr+2][Cl]. The molecule has 40 heavy (non-hydrogen) atoms. The predicted molar refractivity (Wildman–Crippen MR) is 178 cm³/mol. The Hall–Kier alpha value is -2.22. The van der Waals surface area contributed by atoms with Gasteiger partial charge in [0.25, 0.3) is 0 Å². The molecule has 0 aliphatic carbocycles. The quantitative estimate of drug-likeness (QED) is 0.128. The van der Waals surface area contributed by atoms with Crippen molar-refractivity contribution in [3.8, 4) is 22.3 Å². The number of aryl methyl sites for hydroxylation is 4. The zero-order valence-electron chi connectivity index (χ0n) is 24.1. The van der Waals surface area contributed by atoms with E-state index in [1.165, 1.54) is 66.1 Å². The first-order valence-corrected chi connectivity index (χ1v) is 21.6. The van der Waals surface area contributed by atoms with Gasteiger partial charge in [0.15, 0.2) is 0 Å². The average Bonchev–Trinajstić information content (AvgIpc) is 3.50. The van der Waals surface area contributed by atoms with E-state index >= 15 is 0 Å². The summed E-state index contributed by atoms with van der Waals surface area (Å²) in [6.45, 7) is 12.9. The third-order valence-corrected chi connectivity index (χ3v) is 6.39. The van der Waals surface area contributed by atoms with Gasteiger partial charge in [-0.15, -0.1) is 56.9 Å². The fraction of sp³-hybridized carbons (Fsp3) is 0.167. The summed E-state index contributed by atoms with van der Waals surface area (Å²) in [5.41, 5.74) is 10.6. The van der Waals surface area contributed by atoms with Crippen molar-refractivity contribution in [2.75, 3.05) is 0 Å². The standard InChI is InChI=1S/2C17H15.C2H6Si.2ClH.Zr/c2*1-12-8-15-9-13(2)11-17(15)16(10-12)14-6-4-3-5-7-14;1-3-2;;;/h2*3-11H,1-2H3;1-2H3;2*1H;/q2*-1;;;;+4/p-2. The van der Waals surface area contributed by atoms with Crippen LogP contribution in [0.15, 0.2) is 109 Å². The monoisotopic (exact) mass is 656 g/mol. The van der Waals surface area contributed by atoms with Crippen LogP contribution in [0.2, 0.25) is 13.1 Å². The van der Waals surface area contributed by atoms with E-state index in [4.69, 9.17) is 17.0 Å². The van der Waals surface area contributed by atoms with Crippen molar-refractivity contribution in [2.24, 2.45) is 0 Å². The molecule has 0 nitrogen and oxygen atoms in total. The molecule has 0 N–H and O–H groups in total. The van der Waals surface area contributed by atoms with Crippen LogP contribution in [-0.2, 0) is 20.8 Å². The first-order chi connectivity index (χ1) is 19.3. The number of fused-ring (bicyclic) bond motifs is 2. The van der Waals surface area contributed by atoms with Gasteiger partial charge in [-0.1, -0.05) is 122 Å². The molecule has 0 aliphatic heterocycles. The van der Waals surface area contributed by atoms with Gasteiger partial charge in [-0.2, -0.15) is 12.1 Å². The molecule has 0 heterocycles. The Balaban J connectivity index is 0.000000185. The Morgan fingerprint density at radius 1 is 0.550 bits per heavy atom. The maximum atomic E-state index is 4.93. The third kappa shape index (κ3) is 8.89. The molecular weight excluding hydrogens is 623 g/mol. The molecule has 0 atom stereocenters. The molecule has 0 bridgehead atoms. The van der Waals surface area contributed by atoms with E-state index < -0.39 is 20.8 Å². The molecular formula is C36H36Cl2SiZr. The molecule has 0 saturated heterocycles. The molecule has 6 aromatic rings. The summed E-state index contributed by atoms with van der Waals surface area (Å²) in [6, 6.07) is 39.4. The molecule has 6 rings (SSSR count). The summed E-state index contributed by atoms with van der Waals surface area (Å²) in [5, 5.41) is 5.42. The van der Waals surface area contributed by atoms with Gasteiger partial charge < -0.3 is 0 Å². The van der Waals surface area contributed by atoms with Crippen molar-refractivity contribution in [1.29, 1.82) is 0 Å². The first kappa shape index (κ1) is 32.3. The summed E-state index contributed by atoms with van der Waals surface area (Å²) >= 11 is -0.826. The Morgan fingerprint density at radius 3 is 1.20 bits per heavy atom. The van der Waals surface area contributed by atoms with Crippen LogP contribution in [0.3, 0.4) is 0 Å². The normalized spacial score (nSPS) is 10.0. The van der Waals surface area contributed by atoms with Gasteiger partial charge in [0.05, 0.1) is 0 Å². The molecule has 2 radical (unpaired) electrons. The number of hydrogen-bond acceptors (Lipinski definition) is 0. The summed E-state index contributed by atoms with van der Waals surface area (Å²) < 4.78 is 0. The van der Waals surface area contributed by atoms with Crippen LogP contribution < -0.4 is 0 Å². The summed E-state index contributed by atoms with van der Waals surface area (Å²) in [7, 11) is 11.0. The number of hydrogen-bond donors (Lipinski definition) is 0. The van der Waals surface area contributed by atoms with Crippen LogP contribution in [0.1, 0.15) is 22.3 Å². The van der Waals surface area contributed by atoms with Gasteiger partial charge in [-0.25, -0.2) is 0 Å². The van der Waals surface area contributed by atoms with Crippen LogP contribution >= 0.6 is 17.0 Å². The predicted octanol–water partition coefficient (Wildman–Crippen LogP) is 11.8. The number of benzene rings is 4. The van der Waals surface area contributed by atoms with E-state index in [1.807, 2.05) is 0 Å². The van der Waals surface area contributed by atoms with Crippen LogP contribution in [0, 0.1) is 27.7 Å². The Morgan fingerprint density at radius 2 is 0.875 bits per heavy atom. The van der Waals surface area contributed by atoms with E-state index in [1.54, 1.807) is 0 Å². The van der Waals surface area contributed by atoms with Crippen molar-refractivity contribution in [3.05, 3.63) is 131 Å². The maximum absolute atomic E-state index is 4.93. The summed E-state index contributed by atoms with van der Waals surface area (Å²) in [6.07, 6.45) is 0. The zero-order chi connectivity index (χ0) is 29.1. The molecule has 0 unspecified atom stereocenters. The fourth-order valence-electron chi connectivity index (χ4n) is 4.95. The minimum atomic E-state index is -0.826. The van der Waals surface area contributed by atoms with Gasteiger partial charge in [0, 0.05) is 9.52 Å². The van der Waals surface area contributed by atoms with Crippen molar-refractivity contribution >= 4 is 48.1 Å². The van der Waals surface area contributed by atoms with Gasteiger partial charge in [-0.3, -0.25) is 0 Å². The average molecular weight is 659 g/mol. The van der Waals surface area contributed by atoms with E-state index in [2.05, 4.69) is 150 Å². The fourth-order valence-corrected chi connectivity index (χ4v) is 4.95.